The highest BCUT2D eigenvalue weighted by molar-refractivity contribution is 6.02. The fourth-order valence-corrected chi connectivity index (χ4v) is 6.95. The van der Waals surface area contributed by atoms with E-state index in [0.29, 0.717) is 52.3 Å². The molecule has 10 heteroatoms. The van der Waals surface area contributed by atoms with Crippen molar-refractivity contribution in [3.05, 3.63) is 53.7 Å². The van der Waals surface area contributed by atoms with Crippen molar-refractivity contribution in [1.82, 2.24) is 30.1 Å². The van der Waals surface area contributed by atoms with E-state index in [-0.39, 0.29) is 22.8 Å². The first kappa shape index (κ1) is 28.8. The van der Waals surface area contributed by atoms with Gasteiger partial charge in [-0.25, -0.2) is 8.78 Å². The predicted octanol–water partition coefficient (Wildman–Crippen LogP) is 4.45. The van der Waals surface area contributed by atoms with Gasteiger partial charge in [0.25, 0.3) is 0 Å². The van der Waals surface area contributed by atoms with Crippen LogP contribution in [0.15, 0.2) is 36.5 Å². The van der Waals surface area contributed by atoms with Crippen molar-refractivity contribution >= 4 is 27.5 Å². The third kappa shape index (κ3) is 5.34. The first-order chi connectivity index (χ1) is 21.4. The van der Waals surface area contributed by atoms with Gasteiger partial charge in [-0.15, -0.1) is 6.42 Å². The van der Waals surface area contributed by atoms with Crippen molar-refractivity contribution in [2.75, 3.05) is 57.3 Å². The third-order valence-corrected chi connectivity index (χ3v) is 9.33. The van der Waals surface area contributed by atoms with Crippen LogP contribution in [0.4, 0.5) is 14.6 Å². The van der Waals surface area contributed by atoms with Crippen LogP contribution in [0, 0.1) is 24.0 Å². The van der Waals surface area contributed by atoms with Gasteiger partial charge in [-0.1, -0.05) is 30.2 Å². The summed E-state index contributed by atoms with van der Waals surface area (Å²) in [6, 6.07) is 9.70. The van der Waals surface area contributed by atoms with Crippen LogP contribution in [0.3, 0.4) is 0 Å². The molecule has 2 atom stereocenters. The summed E-state index contributed by atoms with van der Waals surface area (Å²) in [7, 11) is 0. The lowest BCUT2D eigenvalue weighted by Gasteiger charge is -2.36. The Morgan fingerprint density at radius 3 is 2.55 bits per heavy atom. The summed E-state index contributed by atoms with van der Waals surface area (Å²) in [4.78, 5) is 21.0. The third-order valence-electron chi connectivity index (χ3n) is 9.33. The molecule has 44 heavy (non-hydrogen) atoms. The van der Waals surface area contributed by atoms with E-state index in [1.54, 1.807) is 24.4 Å². The van der Waals surface area contributed by atoms with Crippen LogP contribution in [0.25, 0.3) is 32.9 Å². The first-order valence-electron chi connectivity index (χ1n) is 15.5. The zero-order chi connectivity index (χ0) is 30.4. The minimum atomic E-state index is -0.612. The van der Waals surface area contributed by atoms with Crippen molar-refractivity contribution in [1.29, 1.82) is 0 Å². The Balaban J connectivity index is 1.26. The highest BCUT2D eigenvalue weighted by atomic mass is 19.1. The van der Waals surface area contributed by atoms with Crippen LogP contribution in [-0.4, -0.2) is 95.3 Å². The number of nitrogens with zero attached hydrogens (tertiary/aromatic N) is 6. The number of hydrogen-bond donors (Lipinski definition) is 1. The summed E-state index contributed by atoms with van der Waals surface area (Å²) in [5, 5.41) is 5.32. The first-order valence-corrected chi connectivity index (χ1v) is 15.5. The van der Waals surface area contributed by atoms with Gasteiger partial charge < -0.3 is 15.0 Å². The van der Waals surface area contributed by atoms with Gasteiger partial charge in [0.05, 0.1) is 10.9 Å². The average Bonchev–Trinajstić information content (AvgIpc) is 3.38. The molecular weight excluding hydrogens is 560 g/mol. The summed E-state index contributed by atoms with van der Waals surface area (Å²) in [6.07, 6.45) is 9.53. The standard InChI is InChI=1S/C34H37F2N7O/c1-4-25-28(35)11-8-22-6-5-7-26(29(22)25)31-30(36)32-27(18-37-31)33(43-19-23-9-10-24(20-43)38-23)40-34(39-32)44-17-16-41-12-14-42(15-13-41)21(2)3/h1,5-8,11,18,21,23-24,38H,9-10,12-17,19-20H2,2-3H3. The Hall–Kier alpha value is -3.91. The van der Waals surface area contributed by atoms with Crippen LogP contribution in [-0.2, 0) is 0 Å². The predicted molar refractivity (Wildman–Crippen MR) is 169 cm³/mol. The Labute approximate surface area is 256 Å². The Morgan fingerprint density at radius 1 is 1.05 bits per heavy atom. The number of anilines is 1. The Morgan fingerprint density at radius 2 is 1.82 bits per heavy atom. The second-order valence-corrected chi connectivity index (χ2v) is 12.3. The number of benzene rings is 2. The summed E-state index contributed by atoms with van der Waals surface area (Å²) in [5.74, 6) is 1.93. The fraction of sp³-hybridized carbons (Fsp3) is 0.441. The maximum Gasteiger partial charge on any atom is 0.319 e. The highest BCUT2D eigenvalue weighted by Gasteiger charge is 2.34. The number of rotatable bonds is 7. The highest BCUT2D eigenvalue weighted by Crippen LogP contribution is 2.37. The van der Waals surface area contributed by atoms with Crippen molar-refractivity contribution in [3.63, 3.8) is 0 Å². The Bertz CT molecular complexity index is 1740. The number of nitrogens with one attached hydrogen (secondary N) is 1. The number of ether oxygens (including phenoxy) is 1. The van der Waals surface area contributed by atoms with E-state index < -0.39 is 11.6 Å². The quantitative estimate of drug-likeness (QED) is 0.314. The molecule has 0 spiro atoms. The normalized spacial score (nSPS) is 21.0. The number of piperazine rings is 2. The number of aromatic nitrogens is 3. The zero-order valence-corrected chi connectivity index (χ0v) is 25.2. The monoisotopic (exact) mass is 597 g/mol. The molecule has 2 bridgehead atoms. The van der Waals surface area contributed by atoms with Gasteiger partial charge in [-0.3, -0.25) is 14.8 Å². The van der Waals surface area contributed by atoms with E-state index in [2.05, 4.69) is 49.8 Å². The molecular formula is C34H37F2N7O. The van der Waals surface area contributed by atoms with E-state index in [1.165, 1.54) is 6.07 Å². The molecule has 0 radical (unpaired) electrons. The summed E-state index contributed by atoms with van der Waals surface area (Å²) < 4.78 is 37.5. The van der Waals surface area contributed by atoms with Gasteiger partial charge in [0.2, 0.25) is 0 Å². The summed E-state index contributed by atoms with van der Waals surface area (Å²) >= 11 is 0. The lowest BCUT2D eigenvalue weighted by molar-refractivity contribution is 0.0958. The number of terminal acetylenes is 1. The minimum absolute atomic E-state index is 0.0594. The molecule has 8 nitrogen and oxygen atoms in total. The largest absolute Gasteiger partial charge is 0.462 e. The molecule has 3 fully saturated rings. The number of hydrogen-bond acceptors (Lipinski definition) is 8. The van der Waals surface area contributed by atoms with E-state index in [9.17, 15) is 4.39 Å². The molecule has 4 aromatic rings. The van der Waals surface area contributed by atoms with Crippen LogP contribution >= 0.6 is 0 Å². The van der Waals surface area contributed by atoms with Crippen molar-refractivity contribution in [3.8, 4) is 29.6 Å². The van der Waals surface area contributed by atoms with Gasteiger partial charge in [0.1, 0.15) is 29.5 Å². The number of halogens is 2. The zero-order valence-electron chi connectivity index (χ0n) is 25.2. The molecule has 2 aromatic heterocycles. The van der Waals surface area contributed by atoms with E-state index in [4.69, 9.17) is 16.1 Å². The topological polar surface area (TPSA) is 69.7 Å². The average molecular weight is 598 g/mol. The van der Waals surface area contributed by atoms with Crippen LogP contribution in [0.2, 0.25) is 0 Å². The van der Waals surface area contributed by atoms with Crippen molar-refractivity contribution < 1.29 is 13.5 Å². The summed E-state index contributed by atoms with van der Waals surface area (Å²) in [6.45, 7) is 11.1. The molecule has 2 aromatic carbocycles. The van der Waals surface area contributed by atoms with Gasteiger partial charge in [-0.05, 0) is 38.1 Å². The molecule has 7 rings (SSSR count). The molecule has 0 aliphatic carbocycles. The van der Waals surface area contributed by atoms with Crippen LogP contribution in [0.1, 0.15) is 32.3 Å². The second kappa shape index (κ2) is 11.9. The fourth-order valence-electron chi connectivity index (χ4n) is 6.95. The van der Waals surface area contributed by atoms with Crippen molar-refractivity contribution in [2.24, 2.45) is 0 Å². The molecule has 5 heterocycles. The molecule has 2 unspecified atom stereocenters. The summed E-state index contributed by atoms with van der Waals surface area (Å²) in [5.41, 5.74) is 0.682. The van der Waals surface area contributed by atoms with Gasteiger partial charge in [0.15, 0.2) is 5.82 Å². The van der Waals surface area contributed by atoms with E-state index in [0.717, 1.165) is 58.7 Å². The number of fused-ring (bicyclic) bond motifs is 4. The molecule has 0 amide bonds. The number of pyridine rings is 1. The maximum atomic E-state index is 16.6. The molecule has 0 saturated carbocycles. The van der Waals surface area contributed by atoms with Crippen LogP contribution < -0.4 is 15.0 Å². The molecule has 3 aliphatic heterocycles. The Kier molecular flexibility index (Phi) is 7.79. The van der Waals surface area contributed by atoms with Crippen molar-refractivity contribution in [2.45, 2.75) is 44.8 Å². The molecule has 228 valence electrons. The molecule has 1 N–H and O–H groups in total. The van der Waals surface area contributed by atoms with E-state index >= 15 is 4.39 Å². The van der Waals surface area contributed by atoms with E-state index in [1.807, 2.05) is 6.07 Å². The smallest absolute Gasteiger partial charge is 0.319 e. The second-order valence-electron chi connectivity index (χ2n) is 12.3. The van der Waals surface area contributed by atoms with Crippen LogP contribution in [0.5, 0.6) is 6.01 Å². The van der Waals surface area contributed by atoms with Gasteiger partial charge >= 0.3 is 6.01 Å². The lowest BCUT2D eigenvalue weighted by Crippen LogP contribution is -2.51. The lowest BCUT2D eigenvalue weighted by atomic mass is 9.96. The van der Waals surface area contributed by atoms with Gasteiger partial charge in [-0.2, -0.15) is 9.97 Å². The molecule has 3 aliphatic rings. The minimum Gasteiger partial charge on any atom is -0.462 e. The van der Waals surface area contributed by atoms with Gasteiger partial charge in [0, 0.05) is 81.1 Å². The SMILES string of the molecule is C#Cc1c(F)ccc2cccc(-c3ncc4c(N5CC6CCC(C5)N6)nc(OCCN5CCN(C(C)C)CC5)nc4c3F)c12. The maximum absolute atomic E-state index is 16.6. The molecule has 3 saturated heterocycles.